The number of phenols is 2. The second kappa shape index (κ2) is 3.82. The SMILES string of the molecule is COC(=O)c1c(O)ccc(I)c1O. The molecule has 0 bridgehead atoms. The van der Waals surface area contributed by atoms with E-state index in [0.717, 1.165) is 0 Å². The summed E-state index contributed by atoms with van der Waals surface area (Å²) in [6.07, 6.45) is 0. The molecule has 0 atom stereocenters. The van der Waals surface area contributed by atoms with Gasteiger partial charge >= 0.3 is 5.97 Å². The third-order valence-corrected chi connectivity index (χ3v) is 2.37. The number of rotatable bonds is 1. The summed E-state index contributed by atoms with van der Waals surface area (Å²) in [7, 11) is 1.18. The number of hydrogen-bond acceptors (Lipinski definition) is 4. The number of phenolic OH excluding ortho intramolecular Hbond substituents is 2. The Morgan fingerprint density at radius 3 is 2.62 bits per heavy atom. The minimum atomic E-state index is -0.756. The van der Waals surface area contributed by atoms with Crippen molar-refractivity contribution in [2.45, 2.75) is 0 Å². The van der Waals surface area contributed by atoms with Crippen LogP contribution in [0.25, 0.3) is 0 Å². The number of hydrogen-bond donors (Lipinski definition) is 2. The molecule has 1 aromatic rings. The van der Waals surface area contributed by atoms with Crippen molar-refractivity contribution in [3.05, 3.63) is 21.3 Å². The van der Waals surface area contributed by atoms with E-state index in [1.54, 1.807) is 0 Å². The van der Waals surface area contributed by atoms with Crippen molar-refractivity contribution in [1.82, 2.24) is 0 Å². The van der Waals surface area contributed by atoms with Gasteiger partial charge in [-0.05, 0) is 34.7 Å². The Bertz CT molecular complexity index is 348. The van der Waals surface area contributed by atoms with Crippen molar-refractivity contribution in [2.75, 3.05) is 7.11 Å². The van der Waals surface area contributed by atoms with Crippen LogP contribution >= 0.6 is 22.6 Å². The molecule has 0 aromatic heterocycles. The highest BCUT2D eigenvalue weighted by atomic mass is 127. The van der Waals surface area contributed by atoms with Gasteiger partial charge in [0.1, 0.15) is 17.1 Å². The van der Waals surface area contributed by atoms with E-state index >= 15 is 0 Å². The molecule has 0 saturated carbocycles. The number of esters is 1. The van der Waals surface area contributed by atoms with E-state index in [0.29, 0.717) is 3.57 Å². The van der Waals surface area contributed by atoms with E-state index < -0.39 is 5.97 Å². The summed E-state index contributed by atoms with van der Waals surface area (Å²) in [5.74, 6) is -1.30. The largest absolute Gasteiger partial charge is 0.507 e. The zero-order valence-electron chi connectivity index (χ0n) is 6.74. The second-order valence-electron chi connectivity index (χ2n) is 2.28. The first-order valence-corrected chi connectivity index (χ1v) is 4.44. The van der Waals surface area contributed by atoms with Gasteiger partial charge in [0.05, 0.1) is 10.7 Å². The Balaban J connectivity index is 3.33. The summed E-state index contributed by atoms with van der Waals surface area (Å²) in [6.45, 7) is 0. The van der Waals surface area contributed by atoms with Gasteiger partial charge in [0.15, 0.2) is 0 Å². The molecule has 13 heavy (non-hydrogen) atoms. The van der Waals surface area contributed by atoms with Crippen molar-refractivity contribution in [3.8, 4) is 11.5 Å². The predicted molar refractivity (Wildman–Crippen MR) is 53.8 cm³/mol. The number of halogens is 1. The lowest BCUT2D eigenvalue weighted by Crippen LogP contribution is -2.02. The molecule has 0 aliphatic heterocycles. The van der Waals surface area contributed by atoms with Gasteiger partial charge in [0.25, 0.3) is 0 Å². The van der Waals surface area contributed by atoms with Crippen LogP contribution in [0.1, 0.15) is 10.4 Å². The van der Waals surface area contributed by atoms with Crippen molar-refractivity contribution in [2.24, 2.45) is 0 Å². The lowest BCUT2D eigenvalue weighted by atomic mass is 10.2. The molecule has 0 saturated heterocycles. The van der Waals surface area contributed by atoms with Gasteiger partial charge in [-0.3, -0.25) is 0 Å². The molecule has 1 aromatic carbocycles. The molecule has 5 heteroatoms. The average molecular weight is 294 g/mol. The Morgan fingerprint density at radius 1 is 1.46 bits per heavy atom. The number of aromatic hydroxyl groups is 2. The highest BCUT2D eigenvalue weighted by Gasteiger charge is 2.18. The molecule has 4 nitrogen and oxygen atoms in total. The maximum absolute atomic E-state index is 11.1. The van der Waals surface area contributed by atoms with Gasteiger partial charge in [0.2, 0.25) is 0 Å². The van der Waals surface area contributed by atoms with E-state index in [1.807, 2.05) is 22.6 Å². The summed E-state index contributed by atoms with van der Waals surface area (Å²) in [6, 6.07) is 2.82. The third-order valence-electron chi connectivity index (χ3n) is 1.50. The number of benzene rings is 1. The fourth-order valence-corrected chi connectivity index (χ4v) is 1.31. The van der Waals surface area contributed by atoms with Gasteiger partial charge in [0, 0.05) is 0 Å². The van der Waals surface area contributed by atoms with Crippen LogP contribution in [-0.4, -0.2) is 23.3 Å². The maximum Gasteiger partial charge on any atom is 0.345 e. The molecule has 0 spiro atoms. The van der Waals surface area contributed by atoms with Crippen molar-refractivity contribution < 1.29 is 19.7 Å². The third kappa shape index (κ3) is 1.85. The first-order chi connectivity index (χ1) is 6.07. The van der Waals surface area contributed by atoms with Gasteiger partial charge in [-0.1, -0.05) is 0 Å². The quantitative estimate of drug-likeness (QED) is 0.608. The Hall–Kier alpha value is -0.980. The molecule has 0 unspecified atom stereocenters. The molecule has 0 aliphatic carbocycles. The van der Waals surface area contributed by atoms with E-state index in [1.165, 1.54) is 19.2 Å². The van der Waals surface area contributed by atoms with Crippen LogP contribution in [-0.2, 0) is 4.74 Å². The fourth-order valence-electron chi connectivity index (χ4n) is 0.858. The fraction of sp³-hybridized carbons (Fsp3) is 0.125. The smallest absolute Gasteiger partial charge is 0.345 e. The molecule has 70 valence electrons. The molecule has 0 radical (unpaired) electrons. The molecule has 0 heterocycles. The summed E-state index contributed by atoms with van der Waals surface area (Å²) < 4.78 is 4.87. The Labute approximate surface area is 88.3 Å². The van der Waals surface area contributed by atoms with Crippen LogP contribution in [0, 0.1) is 3.57 Å². The predicted octanol–water partition coefficient (Wildman–Crippen LogP) is 1.49. The summed E-state index contributed by atoms with van der Waals surface area (Å²) >= 11 is 1.85. The van der Waals surface area contributed by atoms with Crippen LogP contribution in [0.5, 0.6) is 11.5 Å². The number of methoxy groups -OCH3 is 1. The topological polar surface area (TPSA) is 66.8 Å². The Kier molecular flexibility index (Phi) is 2.97. The van der Waals surface area contributed by atoms with Crippen LogP contribution in [0.2, 0.25) is 0 Å². The minimum absolute atomic E-state index is 0.200. The highest BCUT2D eigenvalue weighted by molar-refractivity contribution is 14.1. The summed E-state index contributed by atoms with van der Waals surface area (Å²) in [5.41, 5.74) is -0.200. The number of ether oxygens (including phenoxy) is 1. The van der Waals surface area contributed by atoms with Gasteiger partial charge in [-0.2, -0.15) is 0 Å². The molecule has 2 N–H and O–H groups in total. The second-order valence-corrected chi connectivity index (χ2v) is 3.44. The highest BCUT2D eigenvalue weighted by Crippen LogP contribution is 2.31. The van der Waals surface area contributed by atoms with E-state index in [2.05, 4.69) is 4.74 Å². The lowest BCUT2D eigenvalue weighted by molar-refractivity contribution is 0.0594. The first-order valence-electron chi connectivity index (χ1n) is 3.36. The van der Waals surface area contributed by atoms with Crippen LogP contribution < -0.4 is 0 Å². The summed E-state index contributed by atoms with van der Waals surface area (Å²) in [4.78, 5) is 11.1. The van der Waals surface area contributed by atoms with E-state index in [4.69, 9.17) is 0 Å². The maximum atomic E-state index is 11.1. The molecule has 0 amide bonds. The molecular formula is C8H7IO4. The average Bonchev–Trinajstić information content (AvgIpc) is 2.12. The standard InChI is InChI=1S/C8H7IO4/c1-13-8(12)6-5(10)3-2-4(9)7(6)11/h2-3,10-11H,1H3. The van der Waals surface area contributed by atoms with Gasteiger partial charge < -0.3 is 14.9 Å². The number of carbonyl (C=O) groups excluding carboxylic acids is 1. The first kappa shape index (κ1) is 10.1. The van der Waals surface area contributed by atoms with E-state index in [-0.39, 0.29) is 17.1 Å². The molecule has 0 fully saturated rings. The van der Waals surface area contributed by atoms with Crippen molar-refractivity contribution in [3.63, 3.8) is 0 Å². The zero-order valence-corrected chi connectivity index (χ0v) is 8.90. The van der Waals surface area contributed by atoms with Crippen molar-refractivity contribution in [1.29, 1.82) is 0 Å². The molecule has 1 rings (SSSR count). The normalized spacial score (nSPS) is 9.69. The van der Waals surface area contributed by atoms with Gasteiger partial charge in [-0.25, -0.2) is 4.79 Å². The minimum Gasteiger partial charge on any atom is -0.507 e. The van der Waals surface area contributed by atoms with Gasteiger partial charge in [-0.15, -0.1) is 0 Å². The monoisotopic (exact) mass is 294 g/mol. The Morgan fingerprint density at radius 2 is 2.08 bits per heavy atom. The van der Waals surface area contributed by atoms with Crippen LogP contribution in [0.15, 0.2) is 12.1 Å². The van der Waals surface area contributed by atoms with Crippen molar-refractivity contribution >= 4 is 28.6 Å². The van der Waals surface area contributed by atoms with E-state index in [9.17, 15) is 15.0 Å². The van der Waals surface area contributed by atoms with Crippen LogP contribution in [0.3, 0.4) is 0 Å². The zero-order chi connectivity index (χ0) is 10.0. The summed E-state index contributed by atoms with van der Waals surface area (Å²) in [5, 5.41) is 18.7. The molecule has 0 aliphatic rings. The lowest BCUT2D eigenvalue weighted by Gasteiger charge is -2.05. The number of carbonyl (C=O) groups is 1. The van der Waals surface area contributed by atoms with Crippen LogP contribution in [0.4, 0.5) is 0 Å². The molecular weight excluding hydrogens is 287 g/mol.